The average Bonchev–Trinajstić information content (AvgIpc) is 2.76. The van der Waals surface area contributed by atoms with Crippen molar-refractivity contribution in [2.24, 2.45) is 5.92 Å². The molecule has 0 aliphatic carbocycles. The van der Waals surface area contributed by atoms with Crippen LogP contribution >= 0.6 is 0 Å². The van der Waals surface area contributed by atoms with Crippen LogP contribution in [0.3, 0.4) is 0 Å². The third-order valence-corrected chi connectivity index (χ3v) is 3.31. The number of rotatable bonds is 7. The summed E-state index contributed by atoms with van der Waals surface area (Å²) >= 11 is 0. The Labute approximate surface area is 132 Å². The van der Waals surface area contributed by atoms with Gasteiger partial charge in [0.25, 0.3) is 0 Å². The molecule has 2 aromatic heterocycles. The average molecular weight is 302 g/mol. The minimum atomic E-state index is -0.797. The van der Waals surface area contributed by atoms with E-state index in [1.165, 1.54) is 5.56 Å². The summed E-state index contributed by atoms with van der Waals surface area (Å²) in [6, 6.07) is 4.04. The maximum absolute atomic E-state index is 10.1. The molecule has 1 N–H and O–H groups in total. The van der Waals surface area contributed by atoms with Gasteiger partial charge in [-0.05, 0) is 43.9 Å². The molecule has 0 radical (unpaired) electrons. The van der Waals surface area contributed by atoms with Crippen molar-refractivity contribution >= 4 is 0 Å². The highest BCUT2D eigenvalue weighted by Crippen LogP contribution is 2.12. The molecule has 2 aromatic rings. The number of pyridine rings is 1. The summed E-state index contributed by atoms with van der Waals surface area (Å²) in [5.74, 6) is 2.32. The second-order valence-corrected chi connectivity index (χ2v) is 6.87. The lowest BCUT2D eigenvalue weighted by atomic mass is 10.1. The first-order valence-electron chi connectivity index (χ1n) is 7.87. The predicted molar refractivity (Wildman–Crippen MR) is 86.5 cm³/mol. The minimum Gasteiger partial charge on any atom is -0.389 e. The first-order valence-corrected chi connectivity index (χ1v) is 7.87. The Morgan fingerprint density at radius 1 is 1.18 bits per heavy atom. The van der Waals surface area contributed by atoms with Gasteiger partial charge in [-0.3, -0.25) is 4.98 Å². The van der Waals surface area contributed by atoms with Crippen LogP contribution in [0.4, 0.5) is 0 Å². The van der Waals surface area contributed by atoms with Crippen LogP contribution in [0.5, 0.6) is 0 Å². The Morgan fingerprint density at radius 2 is 1.86 bits per heavy atom. The van der Waals surface area contributed by atoms with Gasteiger partial charge in [-0.1, -0.05) is 13.8 Å². The van der Waals surface area contributed by atoms with E-state index in [4.69, 9.17) is 0 Å². The molecular formula is C17H26N4O. The van der Waals surface area contributed by atoms with Crippen molar-refractivity contribution < 1.29 is 5.11 Å². The molecule has 0 spiro atoms. The fourth-order valence-corrected chi connectivity index (χ4v) is 2.36. The summed E-state index contributed by atoms with van der Waals surface area (Å²) in [5.41, 5.74) is 0.437. The molecule has 5 heteroatoms. The summed E-state index contributed by atoms with van der Waals surface area (Å²) in [6.07, 6.45) is 6.18. The van der Waals surface area contributed by atoms with E-state index in [1.807, 2.05) is 16.8 Å². The molecule has 0 fully saturated rings. The van der Waals surface area contributed by atoms with Gasteiger partial charge in [0, 0.05) is 25.2 Å². The zero-order valence-electron chi connectivity index (χ0n) is 14.0. The Hall–Kier alpha value is -1.75. The normalized spacial score (nSPS) is 12.1. The zero-order chi connectivity index (χ0) is 16.2. The van der Waals surface area contributed by atoms with Crippen molar-refractivity contribution in [3.05, 3.63) is 41.7 Å². The van der Waals surface area contributed by atoms with Gasteiger partial charge < -0.3 is 5.11 Å². The first-order chi connectivity index (χ1) is 10.3. The molecule has 22 heavy (non-hydrogen) atoms. The predicted octanol–water partition coefficient (Wildman–Crippen LogP) is 2.43. The van der Waals surface area contributed by atoms with Crippen LogP contribution in [0.25, 0.3) is 0 Å². The van der Waals surface area contributed by atoms with E-state index in [0.29, 0.717) is 12.5 Å². The summed E-state index contributed by atoms with van der Waals surface area (Å²) in [6.45, 7) is 8.37. The van der Waals surface area contributed by atoms with E-state index >= 15 is 0 Å². The van der Waals surface area contributed by atoms with Crippen LogP contribution in [-0.2, 0) is 25.8 Å². The van der Waals surface area contributed by atoms with Gasteiger partial charge in [0.2, 0.25) is 0 Å². The third-order valence-electron chi connectivity index (χ3n) is 3.31. The quantitative estimate of drug-likeness (QED) is 0.853. The van der Waals surface area contributed by atoms with Gasteiger partial charge in [-0.15, -0.1) is 0 Å². The highest BCUT2D eigenvalue weighted by Gasteiger charge is 2.19. The largest absolute Gasteiger partial charge is 0.389 e. The van der Waals surface area contributed by atoms with Crippen molar-refractivity contribution in [2.75, 3.05) is 0 Å². The molecule has 0 saturated heterocycles. The molecule has 5 nitrogen and oxygen atoms in total. The van der Waals surface area contributed by atoms with Gasteiger partial charge >= 0.3 is 0 Å². The molecule has 2 rings (SSSR count). The number of hydrogen-bond donors (Lipinski definition) is 1. The van der Waals surface area contributed by atoms with Gasteiger partial charge in [-0.2, -0.15) is 5.10 Å². The molecule has 0 bridgehead atoms. The lowest BCUT2D eigenvalue weighted by Gasteiger charge is -2.18. The van der Waals surface area contributed by atoms with E-state index in [0.717, 1.165) is 30.9 Å². The van der Waals surface area contributed by atoms with Gasteiger partial charge in [0.1, 0.15) is 5.82 Å². The molecule has 0 saturated carbocycles. The number of hydrogen-bond acceptors (Lipinski definition) is 4. The molecular weight excluding hydrogens is 276 g/mol. The molecule has 0 amide bonds. The fourth-order valence-electron chi connectivity index (χ4n) is 2.36. The van der Waals surface area contributed by atoms with E-state index in [2.05, 4.69) is 28.9 Å². The summed E-state index contributed by atoms with van der Waals surface area (Å²) < 4.78 is 1.86. The second kappa shape index (κ2) is 7.01. The molecule has 0 aliphatic rings. The monoisotopic (exact) mass is 302 g/mol. The van der Waals surface area contributed by atoms with Gasteiger partial charge in [-0.25, -0.2) is 9.67 Å². The van der Waals surface area contributed by atoms with E-state index in [1.54, 1.807) is 26.2 Å². The number of aliphatic hydroxyl groups is 1. The lowest BCUT2D eigenvalue weighted by Crippen LogP contribution is -2.28. The SMILES string of the molecule is CC(C)Cc1nc(CCc2ccncc2)n(CC(C)(C)O)n1. The molecule has 2 heterocycles. The summed E-state index contributed by atoms with van der Waals surface area (Å²) in [5, 5.41) is 14.7. The van der Waals surface area contributed by atoms with Crippen molar-refractivity contribution in [3.8, 4) is 0 Å². The maximum Gasteiger partial charge on any atom is 0.151 e. The van der Waals surface area contributed by atoms with Crippen molar-refractivity contribution in [2.45, 2.75) is 59.1 Å². The third kappa shape index (κ3) is 5.22. The minimum absolute atomic E-state index is 0.462. The number of nitrogens with zero attached hydrogens (tertiary/aromatic N) is 4. The maximum atomic E-state index is 10.1. The van der Waals surface area contributed by atoms with Gasteiger partial charge in [0.15, 0.2) is 5.82 Å². The highest BCUT2D eigenvalue weighted by atomic mass is 16.3. The van der Waals surface area contributed by atoms with Crippen LogP contribution in [-0.4, -0.2) is 30.5 Å². The van der Waals surface area contributed by atoms with Crippen molar-refractivity contribution in [1.82, 2.24) is 19.7 Å². The molecule has 0 unspecified atom stereocenters. The van der Waals surface area contributed by atoms with Crippen LogP contribution < -0.4 is 0 Å². The zero-order valence-corrected chi connectivity index (χ0v) is 14.0. The Balaban J connectivity index is 2.14. The number of aromatic nitrogens is 4. The highest BCUT2D eigenvalue weighted by molar-refractivity contribution is 5.11. The van der Waals surface area contributed by atoms with Gasteiger partial charge in [0.05, 0.1) is 12.1 Å². The Morgan fingerprint density at radius 3 is 2.45 bits per heavy atom. The smallest absolute Gasteiger partial charge is 0.151 e. The second-order valence-electron chi connectivity index (χ2n) is 6.87. The van der Waals surface area contributed by atoms with E-state index in [9.17, 15) is 5.11 Å². The Kier molecular flexibility index (Phi) is 5.29. The Bertz CT molecular complexity index is 584. The first kappa shape index (κ1) is 16.6. The van der Waals surface area contributed by atoms with Crippen LogP contribution in [0.2, 0.25) is 0 Å². The topological polar surface area (TPSA) is 63.8 Å². The number of aryl methyl sites for hydroxylation is 2. The van der Waals surface area contributed by atoms with E-state index in [-0.39, 0.29) is 0 Å². The van der Waals surface area contributed by atoms with Crippen LogP contribution in [0.1, 0.15) is 44.9 Å². The van der Waals surface area contributed by atoms with Crippen LogP contribution in [0.15, 0.2) is 24.5 Å². The molecule has 0 atom stereocenters. The van der Waals surface area contributed by atoms with Crippen LogP contribution in [0, 0.1) is 5.92 Å². The van der Waals surface area contributed by atoms with E-state index < -0.39 is 5.60 Å². The molecule has 0 aliphatic heterocycles. The summed E-state index contributed by atoms with van der Waals surface area (Å²) in [4.78, 5) is 8.71. The molecule has 0 aromatic carbocycles. The lowest BCUT2D eigenvalue weighted by molar-refractivity contribution is 0.0565. The fraction of sp³-hybridized carbons (Fsp3) is 0.588. The van der Waals surface area contributed by atoms with Crippen molar-refractivity contribution in [1.29, 1.82) is 0 Å². The summed E-state index contributed by atoms with van der Waals surface area (Å²) in [7, 11) is 0. The van der Waals surface area contributed by atoms with Crippen molar-refractivity contribution in [3.63, 3.8) is 0 Å². The molecule has 120 valence electrons. The standard InChI is InChI=1S/C17H26N4O/c1-13(2)11-15-19-16(21(20-15)12-17(3,4)22)6-5-14-7-9-18-10-8-14/h7-10,13,22H,5-6,11-12H2,1-4H3.